The summed E-state index contributed by atoms with van der Waals surface area (Å²) in [5, 5.41) is 2.79. The molecule has 1 rings (SSSR count). The lowest BCUT2D eigenvalue weighted by Crippen LogP contribution is -2.25. The molecule has 18 heavy (non-hydrogen) atoms. The molecule has 0 aromatic carbocycles. The van der Waals surface area contributed by atoms with Crippen LogP contribution < -0.4 is 11.1 Å². The lowest BCUT2D eigenvalue weighted by atomic mass is 10.0. The first kappa shape index (κ1) is 14.7. The van der Waals surface area contributed by atoms with E-state index in [2.05, 4.69) is 24.1 Å². The van der Waals surface area contributed by atoms with Crippen LogP contribution in [0.5, 0.6) is 0 Å². The molecule has 0 aliphatic rings. The van der Waals surface area contributed by atoms with E-state index < -0.39 is 0 Å². The van der Waals surface area contributed by atoms with Gasteiger partial charge in [-0.2, -0.15) is 0 Å². The molecule has 0 aliphatic carbocycles. The molecule has 5 nitrogen and oxygen atoms in total. The van der Waals surface area contributed by atoms with Crippen LogP contribution in [-0.2, 0) is 0 Å². The van der Waals surface area contributed by atoms with Crippen molar-refractivity contribution in [3.63, 3.8) is 0 Å². The van der Waals surface area contributed by atoms with E-state index in [4.69, 9.17) is 10.2 Å². The molecule has 1 amide bonds. The lowest BCUT2D eigenvalue weighted by molar-refractivity contribution is 0.0948. The fourth-order valence-electron chi connectivity index (χ4n) is 1.51. The van der Waals surface area contributed by atoms with Gasteiger partial charge in [0.1, 0.15) is 6.26 Å². The Balaban J connectivity index is 2.59. The first-order valence-electron chi connectivity index (χ1n) is 6.59. The molecule has 0 radical (unpaired) electrons. The zero-order chi connectivity index (χ0) is 13.5. The molecule has 0 aliphatic heterocycles. The van der Waals surface area contributed by atoms with Gasteiger partial charge >= 0.3 is 0 Å². The Hall–Kier alpha value is -1.36. The summed E-state index contributed by atoms with van der Waals surface area (Å²) in [5.74, 6) is 0.513. The molecule has 0 saturated heterocycles. The number of carbonyl (C=O) groups is 1. The second kappa shape index (κ2) is 7.16. The van der Waals surface area contributed by atoms with E-state index in [1.54, 1.807) is 0 Å². The van der Waals surface area contributed by atoms with Gasteiger partial charge in [0.2, 0.25) is 5.89 Å². The number of aromatic nitrogens is 1. The van der Waals surface area contributed by atoms with Crippen LogP contribution in [0.1, 0.15) is 62.5 Å². The Morgan fingerprint density at radius 1 is 1.56 bits per heavy atom. The summed E-state index contributed by atoms with van der Waals surface area (Å²) in [6.45, 7) is 6.84. The molecule has 1 aromatic rings. The van der Waals surface area contributed by atoms with Gasteiger partial charge in [0.15, 0.2) is 5.69 Å². The zero-order valence-corrected chi connectivity index (χ0v) is 11.4. The normalized spacial score (nSPS) is 14.2. The minimum absolute atomic E-state index is 0.199. The van der Waals surface area contributed by atoms with E-state index in [1.165, 1.54) is 6.26 Å². The number of nitrogens with two attached hydrogens (primary N) is 1. The van der Waals surface area contributed by atoms with Crippen molar-refractivity contribution in [1.29, 1.82) is 0 Å². The van der Waals surface area contributed by atoms with Crippen molar-refractivity contribution in [3.05, 3.63) is 17.8 Å². The maximum Gasteiger partial charge on any atom is 0.273 e. The van der Waals surface area contributed by atoms with Gasteiger partial charge in [-0.3, -0.25) is 4.79 Å². The summed E-state index contributed by atoms with van der Waals surface area (Å²) < 4.78 is 5.28. The van der Waals surface area contributed by atoms with E-state index in [9.17, 15) is 4.79 Å². The van der Waals surface area contributed by atoms with E-state index >= 15 is 0 Å². The number of unbranched alkanes of at least 4 members (excludes halogenated alkanes) is 1. The van der Waals surface area contributed by atoms with Gasteiger partial charge in [0.05, 0.1) is 6.04 Å². The van der Waals surface area contributed by atoms with E-state index in [1.807, 2.05) is 6.92 Å². The number of hydrogen-bond acceptors (Lipinski definition) is 4. The minimum Gasteiger partial charge on any atom is -0.446 e. The maximum atomic E-state index is 11.7. The molecule has 0 bridgehead atoms. The first-order chi connectivity index (χ1) is 8.60. The molecule has 2 unspecified atom stereocenters. The summed E-state index contributed by atoms with van der Waals surface area (Å²) >= 11 is 0. The highest BCUT2D eigenvalue weighted by Crippen LogP contribution is 2.20. The average Bonchev–Trinajstić information content (AvgIpc) is 2.86. The molecule has 1 aromatic heterocycles. The number of rotatable bonds is 7. The van der Waals surface area contributed by atoms with E-state index in [0.29, 0.717) is 18.1 Å². The molecule has 2 atom stereocenters. The van der Waals surface area contributed by atoms with Crippen molar-refractivity contribution in [2.24, 2.45) is 11.7 Å². The van der Waals surface area contributed by atoms with Gasteiger partial charge in [-0.15, -0.1) is 0 Å². The van der Waals surface area contributed by atoms with Crippen LogP contribution in [0.25, 0.3) is 0 Å². The van der Waals surface area contributed by atoms with Crippen LogP contribution in [-0.4, -0.2) is 17.4 Å². The highest BCUT2D eigenvalue weighted by Gasteiger charge is 2.20. The summed E-state index contributed by atoms with van der Waals surface area (Å²) in [6, 6.07) is -0.257. The van der Waals surface area contributed by atoms with Gasteiger partial charge in [0.25, 0.3) is 5.91 Å². The standard InChI is InChI=1S/C13H23N3O2/c1-4-6-7-15-12(17)10-8-18-13(16-10)11(14)9(3)5-2/h8-9,11H,4-7,14H2,1-3H3,(H,15,17). The van der Waals surface area contributed by atoms with Gasteiger partial charge < -0.3 is 15.5 Å². The Morgan fingerprint density at radius 3 is 2.89 bits per heavy atom. The van der Waals surface area contributed by atoms with Gasteiger partial charge in [-0.05, 0) is 12.3 Å². The first-order valence-corrected chi connectivity index (χ1v) is 6.59. The topological polar surface area (TPSA) is 81.2 Å². The van der Waals surface area contributed by atoms with Crippen LogP contribution >= 0.6 is 0 Å². The minimum atomic E-state index is -0.257. The number of carbonyl (C=O) groups excluding carboxylic acids is 1. The molecule has 102 valence electrons. The SMILES string of the molecule is CCCCNC(=O)c1coc(C(N)C(C)CC)n1. The number of amides is 1. The number of nitrogens with one attached hydrogen (secondary N) is 1. The van der Waals surface area contributed by atoms with Gasteiger partial charge in [0, 0.05) is 6.54 Å². The van der Waals surface area contributed by atoms with Crippen molar-refractivity contribution < 1.29 is 9.21 Å². The zero-order valence-electron chi connectivity index (χ0n) is 11.4. The van der Waals surface area contributed by atoms with Crippen LogP contribution in [0.15, 0.2) is 10.7 Å². The fraction of sp³-hybridized carbons (Fsp3) is 0.692. The average molecular weight is 253 g/mol. The molecule has 0 fully saturated rings. The second-order valence-electron chi connectivity index (χ2n) is 4.59. The van der Waals surface area contributed by atoms with E-state index in [0.717, 1.165) is 19.3 Å². The van der Waals surface area contributed by atoms with Crippen LogP contribution in [0.2, 0.25) is 0 Å². The van der Waals surface area contributed by atoms with Gasteiger partial charge in [-0.1, -0.05) is 33.6 Å². The number of oxazole rings is 1. The summed E-state index contributed by atoms with van der Waals surface area (Å²) in [4.78, 5) is 15.9. The monoisotopic (exact) mass is 253 g/mol. The smallest absolute Gasteiger partial charge is 0.273 e. The second-order valence-corrected chi connectivity index (χ2v) is 4.59. The van der Waals surface area contributed by atoms with Crippen LogP contribution in [0.4, 0.5) is 0 Å². The van der Waals surface area contributed by atoms with Crippen molar-refractivity contribution in [1.82, 2.24) is 10.3 Å². The third kappa shape index (κ3) is 3.84. The van der Waals surface area contributed by atoms with Crippen molar-refractivity contribution in [2.45, 2.75) is 46.1 Å². The molecular weight excluding hydrogens is 230 g/mol. The third-order valence-electron chi connectivity index (χ3n) is 3.11. The van der Waals surface area contributed by atoms with E-state index in [-0.39, 0.29) is 17.9 Å². The molecule has 0 spiro atoms. The Kier molecular flexibility index (Phi) is 5.85. The van der Waals surface area contributed by atoms with Gasteiger partial charge in [-0.25, -0.2) is 4.98 Å². The van der Waals surface area contributed by atoms with Crippen LogP contribution in [0.3, 0.4) is 0 Å². The van der Waals surface area contributed by atoms with Crippen molar-refractivity contribution in [3.8, 4) is 0 Å². The summed E-state index contributed by atoms with van der Waals surface area (Å²) in [6.07, 6.45) is 4.33. The molecule has 5 heteroatoms. The number of hydrogen-bond donors (Lipinski definition) is 2. The highest BCUT2D eigenvalue weighted by atomic mass is 16.3. The maximum absolute atomic E-state index is 11.7. The Morgan fingerprint density at radius 2 is 2.28 bits per heavy atom. The molecule has 1 heterocycles. The Bertz CT molecular complexity index is 376. The summed E-state index contributed by atoms with van der Waals surface area (Å²) in [5.41, 5.74) is 6.30. The molecule has 3 N–H and O–H groups in total. The van der Waals surface area contributed by atoms with Crippen molar-refractivity contribution >= 4 is 5.91 Å². The predicted molar refractivity (Wildman–Crippen MR) is 70.1 cm³/mol. The fourth-order valence-corrected chi connectivity index (χ4v) is 1.51. The highest BCUT2D eigenvalue weighted by molar-refractivity contribution is 5.91. The van der Waals surface area contributed by atoms with Crippen LogP contribution in [0, 0.1) is 5.92 Å². The lowest BCUT2D eigenvalue weighted by Gasteiger charge is -2.13. The van der Waals surface area contributed by atoms with Crippen molar-refractivity contribution in [2.75, 3.05) is 6.54 Å². The molecular formula is C13H23N3O2. The number of nitrogens with zero attached hydrogens (tertiary/aromatic N) is 1. The summed E-state index contributed by atoms with van der Waals surface area (Å²) in [7, 11) is 0. The quantitative estimate of drug-likeness (QED) is 0.730. The third-order valence-corrected chi connectivity index (χ3v) is 3.11. The molecule has 0 saturated carbocycles. The Labute approximate surface area is 108 Å². The largest absolute Gasteiger partial charge is 0.446 e. The predicted octanol–water partition coefficient (Wildman–Crippen LogP) is 2.25.